The maximum Gasteiger partial charge on any atom is 0.263 e. The van der Waals surface area contributed by atoms with Crippen molar-refractivity contribution in [2.24, 2.45) is 0 Å². The third-order valence-electron chi connectivity index (χ3n) is 3.59. The lowest BCUT2D eigenvalue weighted by molar-refractivity contribution is 0.151. The van der Waals surface area contributed by atoms with Crippen molar-refractivity contribution in [1.29, 1.82) is 0 Å². The fourth-order valence-electron chi connectivity index (χ4n) is 2.55. The van der Waals surface area contributed by atoms with E-state index < -0.39 is 6.43 Å². The van der Waals surface area contributed by atoms with Crippen LogP contribution in [0.15, 0.2) is 24.3 Å². The number of likely N-dealkylation sites (tertiary alicyclic amines) is 1. The van der Waals surface area contributed by atoms with Gasteiger partial charge in [0.15, 0.2) is 0 Å². The third kappa shape index (κ3) is 4.55. The lowest BCUT2D eigenvalue weighted by atomic mass is 10.1. The average Bonchev–Trinajstić information content (AvgIpc) is 2.89. The number of hydrogen-bond donors (Lipinski definition) is 1. The molecule has 0 bridgehead atoms. The summed E-state index contributed by atoms with van der Waals surface area (Å²) in [5.41, 5.74) is 1.03. The number of benzene rings is 1. The summed E-state index contributed by atoms with van der Waals surface area (Å²) >= 11 is 0. The van der Waals surface area contributed by atoms with Crippen LogP contribution < -0.4 is 5.32 Å². The largest absolute Gasteiger partial charge is 0.309 e. The van der Waals surface area contributed by atoms with Gasteiger partial charge in [-0.05, 0) is 44.5 Å². The van der Waals surface area contributed by atoms with Crippen LogP contribution in [0.4, 0.5) is 8.78 Å². The second-order valence-electron chi connectivity index (χ2n) is 5.34. The first-order valence-corrected chi connectivity index (χ1v) is 6.98. The van der Waals surface area contributed by atoms with Crippen molar-refractivity contribution < 1.29 is 8.78 Å². The molecule has 0 aliphatic carbocycles. The Morgan fingerprint density at radius 3 is 2.68 bits per heavy atom. The molecule has 1 aromatic rings. The molecule has 0 aromatic heterocycles. The Hall–Kier alpha value is -1.00. The van der Waals surface area contributed by atoms with Gasteiger partial charge in [-0.1, -0.05) is 18.2 Å². The average molecular weight is 268 g/mol. The van der Waals surface area contributed by atoms with Crippen LogP contribution in [0.2, 0.25) is 0 Å². The molecule has 1 atom stereocenters. The van der Waals surface area contributed by atoms with Crippen LogP contribution in [0.3, 0.4) is 0 Å². The Bertz CT molecular complexity index is 389. The quantitative estimate of drug-likeness (QED) is 0.852. The van der Waals surface area contributed by atoms with Gasteiger partial charge in [0.25, 0.3) is 6.43 Å². The first-order chi connectivity index (χ1) is 9.15. The Labute approximate surface area is 113 Å². The topological polar surface area (TPSA) is 15.3 Å². The summed E-state index contributed by atoms with van der Waals surface area (Å²) < 4.78 is 25.2. The summed E-state index contributed by atoms with van der Waals surface area (Å²) in [5.74, 6) is 0. The summed E-state index contributed by atoms with van der Waals surface area (Å²) in [5, 5.41) is 3.41. The summed E-state index contributed by atoms with van der Waals surface area (Å²) in [6.07, 6.45) is 0.203. The second-order valence-corrected chi connectivity index (χ2v) is 5.34. The summed E-state index contributed by atoms with van der Waals surface area (Å²) in [6.45, 7) is 6.21. The SMILES string of the molecule is CC(CN1CCCC1)NCc1cccc(C(F)F)c1. The molecule has 0 radical (unpaired) electrons. The van der Waals surface area contributed by atoms with E-state index in [1.54, 1.807) is 12.1 Å². The molecule has 1 fully saturated rings. The van der Waals surface area contributed by atoms with Gasteiger partial charge in [0.2, 0.25) is 0 Å². The molecule has 1 saturated heterocycles. The van der Waals surface area contributed by atoms with Gasteiger partial charge in [-0.25, -0.2) is 8.78 Å². The van der Waals surface area contributed by atoms with E-state index in [-0.39, 0.29) is 5.56 Å². The van der Waals surface area contributed by atoms with Crippen LogP contribution in [0.5, 0.6) is 0 Å². The van der Waals surface area contributed by atoms with E-state index in [2.05, 4.69) is 17.1 Å². The van der Waals surface area contributed by atoms with Crippen molar-refractivity contribution in [3.63, 3.8) is 0 Å². The Balaban J connectivity index is 1.79. The van der Waals surface area contributed by atoms with Gasteiger partial charge < -0.3 is 10.2 Å². The highest BCUT2D eigenvalue weighted by molar-refractivity contribution is 5.24. The predicted octanol–water partition coefficient (Wildman–Crippen LogP) is 3.20. The molecule has 1 aliphatic rings. The fourth-order valence-corrected chi connectivity index (χ4v) is 2.55. The summed E-state index contributed by atoms with van der Waals surface area (Å²) in [7, 11) is 0. The molecule has 1 heterocycles. The zero-order valence-corrected chi connectivity index (χ0v) is 11.4. The molecule has 4 heteroatoms. The van der Waals surface area contributed by atoms with E-state index in [9.17, 15) is 8.78 Å². The van der Waals surface area contributed by atoms with Crippen LogP contribution in [0.25, 0.3) is 0 Å². The second kappa shape index (κ2) is 6.96. The van der Waals surface area contributed by atoms with Gasteiger partial charge in [0, 0.05) is 24.7 Å². The molecular formula is C15H22F2N2. The van der Waals surface area contributed by atoms with Gasteiger partial charge in [-0.2, -0.15) is 0 Å². The third-order valence-corrected chi connectivity index (χ3v) is 3.59. The number of nitrogens with zero attached hydrogens (tertiary/aromatic N) is 1. The molecule has 1 N–H and O–H groups in total. The molecule has 0 saturated carbocycles. The molecule has 0 spiro atoms. The standard InChI is InChI=1S/C15H22F2N2/c1-12(11-19-7-2-3-8-19)18-10-13-5-4-6-14(9-13)15(16)17/h4-6,9,12,15,18H,2-3,7-8,10-11H2,1H3. The van der Waals surface area contributed by atoms with Crippen molar-refractivity contribution in [2.45, 2.75) is 38.8 Å². The van der Waals surface area contributed by atoms with Crippen LogP contribution in [-0.4, -0.2) is 30.6 Å². The maximum atomic E-state index is 12.6. The lowest BCUT2D eigenvalue weighted by Gasteiger charge is -2.21. The highest BCUT2D eigenvalue weighted by Gasteiger charge is 2.14. The monoisotopic (exact) mass is 268 g/mol. The van der Waals surface area contributed by atoms with Gasteiger partial charge in [-0.3, -0.25) is 0 Å². The molecule has 2 nitrogen and oxygen atoms in total. The Kier molecular flexibility index (Phi) is 5.28. The first-order valence-electron chi connectivity index (χ1n) is 6.98. The van der Waals surface area contributed by atoms with E-state index >= 15 is 0 Å². The summed E-state index contributed by atoms with van der Waals surface area (Å²) in [4.78, 5) is 2.45. The van der Waals surface area contributed by atoms with Crippen LogP contribution in [0.1, 0.15) is 37.3 Å². The maximum absolute atomic E-state index is 12.6. The van der Waals surface area contributed by atoms with Gasteiger partial charge in [0.05, 0.1) is 0 Å². The van der Waals surface area contributed by atoms with Crippen molar-refractivity contribution in [3.05, 3.63) is 35.4 Å². The number of halogens is 2. The van der Waals surface area contributed by atoms with Gasteiger partial charge in [-0.15, -0.1) is 0 Å². The number of hydrogen-bond acceptors (Lipinski definition) is 2. The van der Waals surface area contributed by atoms with Crippen molar-refractivity contribution in [2.75, 3.05) is 19.6 Å². The van der Waals surface area contributed by atoms with Crippen LogP contribution in [0, 0.1) is 0 Å². The van der Waals surface area contributed by atoms with Crippen molar-refractivity contribution in [3.8, 4) is 0 Å². The predicted molar refractivity (Wildman–Crippen MR) is 73.4 cm³/mol. The van der Waals surface area contributed by atoms with E-state index in [1.807, 2.05) is 6.07 Å². The molecule has 19 heavy (non-hydrogen) atoms. The first kappa shape index (κ1) is 14.4. The number of nitrogens with one attached hydrogen (secondary N) is 1. The van der Waals surface area contributed by atoms with E-state index in [0.717, 1.165) is 12.1 Å². The molecule has 2 rings (SSSR count). The zero-order chi connectivity index (χ0) is 13.7. The highest BCUT2D eigenvalue weighted by Crippen LogP contribution is 2.19. The van der Waals surface area contributed by atoms with Crippen molar-refractivity contribution >= 4 is 0 Å². The molecular weight excluding hydrogens is 246 g/mol. The highest BCUT2D eigenvalue weighted by atomic mass is 19.3. The smallest absolute Gasteiger partial charge is 0.263 e. The van der Waals surface area contributed by atoms with Crippen LogP contribution >= 0.6 is 0 Å². The number of alkyl halides is 2. The minimum absolute atomic E-state index is 0.103. The molecule has 106 valence electrons. The van der Waals surface area contributed by atoms with Crippen LogP contribution in [-0.2, 0) is 6.54 Å². The van der Waals surface area contributed by atoms with E-state index in [1.165, 1.54) is 32.0 Å². The molecule has 1 aliphatic heterocycles. The van der Waals surface area contributed by atoms with Gasteiger partial charge >= 0.3 is 0 Å². The molecule has 1 unspecified atom stereocenters. The summed E-state index contributed by atoms with van der Waals surface area (Å²) in [6, 6.07) is 7.03. The minimum atomic E-state index is -2.39. The molecule has 0 amide bonds. The Morgan fingerprint density at radius 2 is 2.00 bits per heavy atom. The molecule has 1 aromatic carbocycles. The van der Waals surface area contributed by atoms with E-state index in [4.69, 9.17) is 0 Å². The van der Waals surface area contributed by atoms with Gasteiger partial charge in [0.1, 0.15) is 0 Å². The Morgan fingerprint density at radius 1 is 1.26 bits per heavy atom. The minimum Gasteiger partial charge on any atom is -0.309 e. The normalized spacial score (nSPS) is 18.1. The zero-order valence-electron chi connectivity index (χ0n) is 11.4. The van der Waals surface area contributed by atoms with Crippen molar-refractivity contribution in [1.82, 2.24) is 10.2 Å². The lowest BCUT2D eigenvalue weighted by Crippen LogP contribution is -2.37. The fraction of sp³-hybridized carbons (Fsp3) is 0.600. The number of rotatable bonds is 6. The van der Waals surface area contributed by atoms with E-state index in [0.29, 0.717) is 12.6 Å².